The number of ether oxygens (including phenoxy) is 13. The topological polar surface area (TPSA) is 222 Å². The van der Waals surface area contributed by atoms with E-state index in [1.165, 1.54) is 0 Å². The van der Waals surface area contributed by atoms with Crippen LogP contribution in [0.1, 0.15) is 52.4 Å². The lowest BCUT2D eigenvalue weighted by Gasteiger charge is -2.22. The first kappa shape index (κ1) is 35.1. The van der Waals surface area contributed by atoms with E-state index in [9.17, 15) is 28.8 Å². The number of hydrogen-bond acceptors (Lipinski definition) is 19. The molecule has 5 aliphatic heterocycles. The summed E-state index contributed by atoms with van der Waals surface area (Å²) in [6.07, 6.45) is -10.2. The van der Waals surface area contributed by atoms with Crippen molar-refractivity contribution in [3.63, 3.8) is 0 Å². The van der Waals surface area contributed by atoms with Gasteiger partial charge in [0.2, 0.25) is 0 Å². The maximum absolute atomic E-state index is 12.8. The number of hydrogen-bond donors (Lipinski definition) is 0. The minimum absolute atomic E-state index is 0.0183. The van der Waals surface area contributed by atoms with Crippen LogP contribution in [0.15, 0.2) is 0 Å². The van der Waals surface area contributed by atoms with E-state index in [0.717, 1.165) is 0 Å². The fourth-order valence-corrected chi connectivity index (χ4v) is 5.73. The van der Waals surface area contributed by atoms with Gasteiger partial charge in [0.1, 0.15) is 62.0 Å². The molecule has 0 radical (unpaired) electrons. The normalized spacial score (nSPS) is 32.9. The van der Waals surface area contributed by atoms with E-state index in [2.05, 4.69) is 0 Å². The van der Waals surface area contributed by atoms with Crippen molar-refractivity contribution in [2.24, 2.45) is 0 Å². The Morgan fingerprint density at radius 2 is 1.15 bits per heavy atom. The lowest BCUT2D eigenvalue weighted by atomic mass is 10.00. The molecule has 5 saturated heterocycles. The van der Waals surface area contributed by atoms with Gasteiger partial charge in [0.05, 0.1) is 26.2 Å². The van der Waals surface area contributed by atoms with Gasteiger partial charge in [-0.25, -0.2) is 24.0 Å². The lowest BCUT2D eigenvalue weighted by molar-refractivity contribution is -0.153. The molecule has 10 unspecified atom stereocenters. The number of carbonyl (C=O) groups is 6. The second kappa shape index (κ2) is 16.2. The highest BCUT2D eigenvalue weighted by Gasteiger charge is 2.46. The van der Waals surface area contributed by atoms with Crippen LogP contribution in [-0.4, -0.2) is 131 Å². The highest BCUT2D eigenvalue weighted by molar-refractivity contribution is 5.72. The van der Waals surface area contributed by atoms with Crippen molar-refractivity contribution in [3.05, 3.63) is 0 Å². The summed E-state index contributed by atoms with van der Waals surface area (Å²) in [4.78, 5) is 70.9. The molecule has 0 aliphatic carbocycles. The SMILES string of the molecule is CCC1OC(=O)OC1CC1OC(=O)OC1CCOCC(COC(=O)CC1OC(=O)OC1CC1OC(=O)OC1CC)OCC1COC(=O)O1. The summed E-state index contributed by atoms with van der Waals surface area (Å²) in [5.41, 5.74) is 0. The molecular weight excluding hydrogens is 652 g/mol. The van der Waals surface area contributed by atoms with Crippen LogP contribution in [0.5, 0.6) is 0 Å². The average molecular weight is 691 g/mol. The molecule has 5 heterocycles. The summed E-state index contributed by atoms with van der Waals surface area (Å²) in [6, 6.07) is 0. The third kappa shape index (κ3) is 9.42. The minimum Gasteiger partial charge on any atom is -0.463 e. The van der Waals surface area contributed by atoms with Gasteiger partial charge in [0.25, 0.3) is 0 Å². The molecule has 0 aromatic heterocycles. The van der Waals surface area contributed by atoms with E-state index in [1.54, 1.807) is 6.92 Å². The van der Waals surface area contributed by atoms with Crippen molar-refractivity contribution in [2.75, 3.05) is 33.0 Å². The summed E-state index contributed by atoms with van der Waals surface area (Å²) in [6.45, 7) is 3.26. The standard InChI is InChI=1S/C29H38O19/c1-3-16-19(44-26(32)41-16)7-21-18(43-28(34)46-21)5-6-36-10-14(37-12-15-13-39-25(31)40-15)11-38-24(30)9-23-22(47-29(35)48-23)8-20-17(4-2)42-27(33)45-20/h14-23H,3-13H2,1-2H3. The van der Waals surface area contributed by atoms with E-state index in [0.29, 0.717) is 12.8 Å². The van der Waals surface area contributed by atoms with Crippen LogP contribution in [0.3, 0.4) is 0 Å². The lowest BCUT2D eigenvalue weighted by Crippen LogP contribution is -2.35. The maximum atomic E-state index is 12.8. The highest BCUT2D eigenvalue weighted by Crippen LogP contribution is 2.30. The second-order valence-corrected chi connectivity index (χ2v) is 11.5. The molecule has 0 N–H and O–H groups in total. The van der Waals surface area contributed by atoms with Crippen LogP contribution in [0.25, 0.3) is 0 Å². The smallest absolute Gasteiger partial charge is 0.463 e. The van der Waals surface area contributed by atoms with Crippen LogP contribution in [0, 0.1) is 0 Å². The molecule has 0 amide bonds. The molecule has 19 nitrogen and oxygen atoms in total. The fourth-order valence-electron chi connectivity index (χ4n) is 5.73. The number of carbonyl (C=O) groups excluding carboxylic acids is 6. The monoisotopic (exact) mass is 690 g/mol. The van der Waals surface area contributed by atoms with Crippen LogP contribution >= 0.6 is 0 Å². The van der Waals surface area contributed by atoms with Gasteiger partial charge in [0.15, 0.2) is 12.2 Å². The predicted octanol–water partition coefficient (Wildman–Crippen LogP) is 2.46. The van der Waals surface area contributed by atoms with E-state index in [-0.39, 0.29) is 58.7 Å². The molecule has 0 spiro atoms. The maximum Gasteiger partial charge on any atom is 0.509 e. The Morgan fingerprint density at radius 3 is 1.69 bits per heavy atom. The van der Waals surface area contributed by atoms with Gasteiger partial charge in [-0.05, 0) is 12.8 Å². The summed E-state index contributed by atoms with van der Waals surface area (Å²) >= 11 is 0. The van der Waals surface area contributed by atoms with Gasteiger partial charge < -0.3 is 61.6 Å². The third-order valence-corrected chi connectivity index (χ3v) is 8.19. The molecule has 5 aliphatic rings. The molecule has 19 heteroatoms. The van der Waals surface area contributed by atoms with Crippen LogP contribution in [0.2, 0.25) is 0 Å². The molecule has 5 fully saturated rings. The summed E-state index contributed by atoms with van der Waals surface area (Å²) in [7, 11) is 0. The second-order valence-electron chi connectivity index (χ2n) is 11.5. The van der Waals surface area contributed by atoms with Crippen molar-refractivity contribution in [1.82, 2.24) is 0 Å². The first-order chi connectivity index (χ1) is 23.1. The molecule has 0 aromatic carbocycles. The third-order valence-electron chi connectivity index (χ3n) is 8.19. The number of esters is 1. The van der Waals surface area contributed by atoms with Crippen molar-refractivity contribution >= 4 is 36.7 Å². The Kier molecular flexibility index (Phi) is 11.9. The van der Waals surface area contributed by atoms with Crippen molar-refractivity contribution in [3.8, 4) is 0 Å². The molecule has 48 heavy (non-hydrogen) atoms. The van der Waals surface area contributed by atoms with Crippen molar-refractivity contribution < 1.29 is 90.3 Å². The average Bonchev–Trinajstić information content (AvgIpc) is 3.86. The molecule has 10 atom stereocenters. The number of cyclic esters (lactones) is 10. The predicted molar refractivity (Wildman–Crippen MR) is 147 cm³/mol. The van der Waals surface area contributed by atoms with Gasteiger partial charge in [-0.1, -0.05) is 13.8 Å². The number of rotatable bonds is 18. The van der Waals surface area contributed by atoms with Crippen LogP contribution < -0.4 is 0 Å². The van der Waals surface area contributed by atoms with Crippen molar-refractivity contribution in [2.45, 2.75) is 113 Å². The van der Waals surface area contributed by atoms with Crippen LogP contribution in [-0.2, 0) is 66.4 Å². The Labute approximate surface area is 273 Å². The zero-order valence-electron chi connectivity index (χ0n) is 26.3. The minimum atomic E-state index is -0.997. The van der Waals surface area contributed by atoms with Gasteiger partial charge in [0, 0.05) is 19.3 Å². The largest absolute Gasteiger partial charge is 0.509 e. The Bertz CT molecular complexity index is 1190. The first-order valence-electron chi connectivity index (χ1n) is 15.8. The Hall–Kier alpha value is -4.26. The van der Waals surface area contributed by atoms with E-state index >= 15 is 0 Å². The summed E-state index contributed by atoms with van der Waals surface area (Å²) in [5, 5.41) is 0. The molecule has 0 aromatic rings. The highest BCUT2D eigenvalue weighted by atomic mass is 16.8. The zero-order chi connectivity index (χ0) is 34.2. The fraction of sp³-hybridized carbons (Fsp3) is 0.793. The van der Waals surface area contributed by atoms with E-state index < -0.39 is 97.8 Å². The van der Waals surface area contributed by atoms with Gasteiger partial charge in [-0.2, -0.15) is 0 Å². The zero-order valence-corrected chi connectivity index (χ0v) is 26.3. The van der Waals surface area contributed by atoms with Gasteiger partial charge in [-0.15, -0.1) is 0 Å². The Balaban J connectivity index is 1.09. The molecule has 268 valence electrons. The van der Waals surface area contributed by atoms with Gasteiger partial charge >= 0.3 is 36.7 Å². The van der Waals surface area contributed by atoms with Crippen LogP contribution in [0.4, 0.5) is 24.0 Å². The quantitative estimate of drug-likeness (QED) is 0.114. The van der Waals surface area contributed by atoms with E-state index in [1.807, 2.05) is 6.92 Å². The molecule has 0 bridgehead atoms. The Morgan fingerprint density at radius 1 is 0.646 bits per heavy atom. The molecule has 0 saturated carbocycles. The molecular formula is C29H38O19. The van der Waals surface area contributed by atoms with Gasteiger partial charge in [-0.3, -0.25) is 4.79 Å². The first-order valence-corrected chi connectivity index (χ1v) is 15.8. The summed E-state index contributed by atoms with van der Waals surface area (Å²) < 4.78 is 68.1. The van der Waals surface area contributed by atoms with Crippen molar-refractivity contribution in [1.29, 1.82) is 0 Å². The summed E-state index contributed by atoms with van der Waals surface area (Å²) in [5.74, 6) is -0.737. The molecule has 5 rings (SSSR count). The van der Waals surface area contributed by atoms with E-state index in [4.69, 9.17) is 61.6 Å².